The molecule has 4 nitrogen and oxygen atoms in total. The summed E-state index contributed by atoms with van der Waals surface area (Å²) in [5.41, 5.74) is 3.09. The number of imidazole rings is 1. The fraction of sp³-hybridized carbons (Fsp3) is 0.222. The van der Waals surface area contributed by atoms with Crippen LogP contribution in [0.4, 0.5) is 0 Å². The molecule has 0 spiro atoms. The maximum Gasteiger partial charge on any atom is 0.222 e. The van der Waals surface area contributed by atoms with Crippen LogP contribution >= 0.6 is 15.9 Å². The van der Waals surface area contributed by atoms with E-state index in [1.165, 1.54) is 0 Å². The van der Waals surface area contributed by atoms with E-state index in [1.54, 1.807) is 6.33 Å². The van der Waals surface area contributed by atoms with Crippen molar-refractivity contribution in [3.8, 4) is 0 Å². The number of amides is 1. The molecule has 1 atom stereocenters. The van der Waals surface area contributed by atoms with Gasteiger partial charge in [-0.25, -0.2) is 4.98 Å². The van der Waals surface area contributed by atoms with Crippen LogP contribution in [0.25, 0.3) is 11.0 Å². The number of carbonyl (C=O) groups is 1. The Bertz CT molecular complexity index is 828. The number of nitrogens with one attached hydrogen (secondary N) is 1. The van der Waals surface area contributed by atoms with E-state index < -0.39 is 0 Å². The number of aryl methyl sites for hydroxylation is 1. The zero-order valence-corrected chi connectivity index (χ0v) is 14.5. The first-order valence-electron chi connectivity index (χ1n) is 7.59. The molecule has 1 aromatic heterocycles. The molecule has 0 saturated carbocycles. The van der Waals surface area contributed by atoms with Crippen LogP contribution in [0.1, 0.15) is 24.9 Å². The van der Waals surface area contributed by atoms with Gasteiger partial charge in [-0.3, -0.25) is 4.79 Å². The molecule has 1 heterocycles. The number of benzene rings is 2. The minimum Gasteiger partial charge on any atom is -0.349 e. The Kier molecular flexibility index (Phi) is 4.76. The van der Waals surface area contributed by atoms with E-state index in [0.29, 0.717) is 13.0 Å². The third-order valence-electron chi connectivity index (χ3n) is 3.86. The number of carbonyl (C=O) groups excluding carboxylic acids is 1. The molecule has 2 aromatic carbocycles. The van der Waals surface area contributed by atoms with E-state index >= 15 is 0 Å². The molecule has 0 aliphatic rings. The zero-order valence-electron chi connectivity index (χ0n) is 12.9. The van der Waals surface area contributed by atoms with Gasteiger partial charge in [0, 0.05) is 17.4 Å². The van der Waals surface area contributed by atoms with Gasteiger partial charge in [0.2, 0.25) is 5.91 Å². The quantitative estimate of drug-likeness (QED) is 0.734. The molecule has 118 valence electrons. The third-order valence-corrected chi connectivity index (χ3v) is 4.58. The lowest BCUT2D eigenvalue weighted by Gasteiger charge is -2.16. The van der Waals surface area contributed by atoms with Crippen molar-refractivity contribution in [2.75, 3.05) is 0 Å². The molecule has 23 heavy (non-hydrogen) atoms. The largest absolute Gasteiger partial charge is 0.349 e. The fourth-order valence-electron chi connectivity index (χ4n) is 2.63. The lowest BCUT2D eigenvalue weighted by molar-refractivity contribution is -0.121. The number of hydrogen-bond acceptors (Lipinski definition) is 2. The summed E-state index contributed by atoms with van der Waals surface area (Å²) in [5, 5.41) is 3.04. The number of nitrogens with zero attached hydrogens (tertiary/aromatic N) is 2. The van der Waals surface area contributed by atoms with Crippen LogP contribution in [0.15, 0.2) is 59.3 Å². The molecule has 3 aromatic rings. The van der Waals surface area contributed by atoms with Gasteiger partial charge < -0.3 is 9.88 Å². The molecule has 5 heteroatoms. The highest BCUT2D eigenvalue weighted by molar-refractivity contribution is 9.10. The highest BCUT2D eigenvalue weighted by atomic mass is 79.9. The van der Waals surface area contributed by atoms with Crippen molar-refractivity contribution in [2.45, 2.75) is 25.9 Å². The Labute approximate surface area is 143 Å². The number of aromatic nitrogens is 2. The van der Waals surface area contributed by atoms with Gasteiger partial charge in [0.05, 0.1) is 23.4 Å². The maximum atomic E-state index is 12.2. The third kappa shape index (κ3) is 3.62. The Morgan fingerprint density at radius 2 is 1.96 bits per heavy atom. The summed E-state index contributed by atoms with van der Waals surface area (Å²) in [4.78, 5) is 16.6. The minimum absolute atomic E-state index is 0.0300. The number of fused-ring (bicyclic) bond motifs is 1. The molecule has 1 amide bonds. The second-order valence-electron chi connectivity index (χ2n) is 5.49. The molecule has 3 rings (SSSR count). The normalized spacial score (nSPS) is 12.3. The molecule has 0 radical (unpaired) electrons. The van der Waals surface area contributed by atoms with Crippen LogP contribution in [-0.2, 0) is 11.3 Å². The van der Waals surface area contributed by atoms with E-state index in [2.05, 4.69) is 26.2 Å². The zero-order chi connectivity index (χ0) is 16.2. The average Bonchev–Trinajstić information content (AvgIpc) is 2.96. The molecule has 0 aliphatic heterocycles. The molecular formula is C18H18BrN3O. The van der Waals surface area contributed by atoms with Gasteiger partial charge in [0.15, 0.2) is 0 Å². The Morgan fingerprint density at radius 3 is 2.78 bits per heavy atom. The first kappa shape index (κ1) is 15.7. The molecule has 1 N–H and O–H groups in total. The van der Waals surface area contributed by atoms with Crippen molar-refractivity contribution in [2.24, 2.45) is 0 Å². The van der Waals surface area contributed by atoms with E-state index in [0.717, 1.165) is 21.1 Å². The van der Waals surface area contributed by atoms with Gasteiger partial charge in [-0.2, -0.15) is 0 Å². The second kappa shape index (κ2) is 6.96. The van der Waals surface area contributed by atoms with Crippen LogP contribution in [0.2, 0.25) is 0 Å². The SMILES string of the molecule is CC(NC(=O)CCn1cnc2ccccc21)c1ccccc1Br. The van der Waals surface area contributed by atoms with Gasteiger partial charge in [-0.05, 0) is 30.7 Å². The molecule has 0 aliphatic carbocycles. The van der Waals surface area contributed by atoms with Gasteiger partial charge >= 0.3 is 0 Å². The Morgan fingerprint density at radius 1 is 1.22 bits per heavy atom. The van der Waals surface area contributed by atoms with Crippen LogP contribution in [0.3, 0.4) is 0 Å². The lowest BCUT2D eigenvalue weighted by atomic mass is 10.1. The summed E-state index contributed by atoms with van der Waals surface area (Å²) in [6, 6.07) is 15.8. The first-order valence-corrected chi connectivity index (χ1v) is 8.38. The van der Waals surface area contributed by atoms with Crippen molar-refractivity contribution in [3.63, 3.8) is 0 Å². The van der Waals surface area contributed by atoms with Gasteiger partial charge in [0.25, 0.3) is 0 Å². The second-order valence-corrected chi connectivity index (χ2v) is 6.34. The monoisotopic (exact) mass is 371 g/mol. The molecule has 1 unspecified atom stereocenters. The van der Waals surface area contributed by atoms with Gasteiger partial charge in [0.1, 0.15) is 0 Å². The van der Waals surface area contributed by atoms with Crippen LogP contribution < -0.4 is 5.32 Å². The van der Waals surface area contributed by atoms with Crippen LogP contribution in [0.5, 0.6) is 0 Å². The van der Waals surface area contributed by atoms with Gasteiger partial charge in [-0.15, -0.1) is 0 Å². The number of rotatable bonds is 5. The molecule has 0 saturated heterocycles. The van der Waals surface area contributed by atoms with E-state index in [-0.39, 0.29) is 11.9 Å². The number of para-hydroxylation sites is 2. The number of hydrogen-bond donors (Lipinski definition) is 1. The van der Waals surface area contributed by atoms with E-state index in [1.807, 2.05) is 60.0 Å². The van der Waals surface area contributed by atoms with Gasteiger partial charge in [-0.1, -0.05) is 46.3 Å². The van der Waals surface area contributed by atoms with Crippen molar-refractivity contribution in [1.82, 2.24) is 14.9 Å². The predicted molar refractivity (Wildman–Crippen MR) is 95.0 cm³/mol. The topological polar surface area (TPSA) is 46.9 Å². The summed E-state index contributed by atoms with van der Waals surface area (Å²) < 4.78 is 3.02. The van der Waals surface area contributed by atoms with Crippen LogP contribution in [-0.4, -0.2) is 15.5 Å². The number of halogens is 1. The Balaban J connectivity index is 1.61. The van der Waals surface area contributed by atoms with Crippen LogP contribution in [0, 0.1) is 0 Å². The standard InChI is InChI=1S/C18H18BrN3O/c1-13(14-6-2-3-7-15(14)19)21-18(23)10-11-22-12-20-16-8-4-5-9-17(16)22/h2-9,12-13H,10-11H2,1H3,(H,21,23). The minimum atomic E-state index is -0.0300. The Hall–Kier alpha value is -2.14. The van der Waals surface area contributed by atoms with Crippen molar-refractivity contribution < 1.29 is 4.79 Å². The molecule has 0 fully saturated rings. The molecule has 0 bridgehead atoms. The highest BCUT2D eigenvalue weighted by Crippen LogP contribution is 2.22. The highest BCUT2D eigenvalue weighted by Gasteiger charge is 2.12. The summed E-state index contributed by atoms with van der Waals surface area (Å²) in [5.74, 6) is 0.0334. The van der Waals surface area contributed by atoms with Crippen molar-refractivity contribution in [1.29, 1.82) is 0 Å². The summed E-state index contributed by atoms with van der Waals surface area (Å²) in [6.07, 6.45) is 2.21. The summed E-state index contributed by atoms with van der Waals surface area (Å²) in [7, 11) is 0. The van der Waals surface area contributed by atoms with E-state index in [4.69, 9.17) is 0 Å². The maximum absolute atomic E-state index is 12.2. The average molecular weight is 372 g/mol. The predicted octanol–water partition coefficient (Wildman–Crippen LogP) is 4.07. The molecular weight excluding hydrogens is 354 g/mol. The summed E-state index contributed by atoms with van der Waals surface area (Å²) in [6.45, 7) is 2.61. The van der Waals surface area contributed by atoms with E-state index in [9.17, 15) is 4.79 Å². The van der Waals surface area contributed by atoms with Crippen molar-refractivity contribution in [3.05, 3.63) is 64.9 Å². The summed E-state index contributed by atoms with van der Waals surface area (Å²) >= 11 is 3.52. The first-order chi connectivity index (χ1) is 11.1. The lowest BCUT2D eigenvalue weighted by Crippen LogP contribution is -2.27. The van der Waals surface area contributed by atoms with Crippen molar-refractivity contribution >= 4 is 32.9 Å². The fourth-order valence-corrected chi connectivity index (χ4v) is 3.26. The smallest absolute Gasteiger partial charge is 0.222 e.